The molecule has 0 aromatic carbocycles. The van der Waals surface area contributed by atoms with Crippen LogP contribution in [0.4, 0.5) is 0 Å². The zero-order valence-electron chi connectivity index (χ0n) is 81.8. The molecule has 0 saturated carbocycles. The number of ether oxygens (including phenoxy) is 20. The molecule has 0 saturated heterocycles. The van der Waals surface area contributed by atoms with Gasteiger partial charge in [-0.05, 0) is 97.8 Å². The molecular formula is C85H148N8O37S11. The third-order valence-electron chi connectivity index (χ3n) is 22.3. The lowest BCUT2D eigenvalue weighted by Gasteiger charge is -2.33. The number of rotatable bonds is 84. The van der Waals surface area contributed by atoms with E-state index < -0.39 is 117 Å². The number of fused-ring (bicyclic) bond motifs is 4. The molecule has 8 heterocycles. The van der Waals surface area contributed by atoms with Crippen molar-refractivity contribution in [3.63, 3.8) is 0 Å². The van der Waals surface area contributed by atoms with Crippen LogP contribution in [-0.2, 0) is 174 Å². The Morgan fingerprint density at radius 2 is 0.468 bits per heavy atom. The quantitative estimate of drug-likeness (QED) is 0.0295. The molecule has 4 aromatic rings. The first-order valence-corrected chi connectivity index (χ1v) is 62.1. The van der Waals surface area contributed by atoms with E-state index in [9.17, 15) is 67.3 Å². The fourth-order valence-corrected chi connectivity index (χ4v) is 32.6. The molecule has 4 aliphatic rings. The molecule has 8 N–H and O–H groups in total. The van der Waals surface area contributed by atoms with Gasteiger partial charge < -0.3 is 120 Å². The highest BCUT2D eigenvalue weighted by atomic mass is 32.3. The van der Waals surface area contributed by atoms with Crippen LogP contribution in [0, 0.1) is 5.41 Å². The molecule has 0 bridgehead atoms. The van der Waals surface area contributed by atoms with Crippen LogP contribution in [0.5, 0.6) is 0 Å². The minimum atomic E-state index is -4.29. The van der Waals surface area contributed by atoms with Crippen molar-refractivity contribution in [2.75, 3.05) is 317 Å². The van der Waals surface area contributed by atoms with Crippen LogP contribution in [0.15, 0.2) is 64.1 Å². The zero-order chi connectivity index (χ0) is 102. The minimum absolute atomic E-state index is 0.0269. The van der Waals surface area contributed by atoms with Crippen molar-refractivity contribution in [3.05, 3.63) is 46.5 Å². The Labute approximate surface area is 844 Å². The van der Waals surface area contributed by atoms with E-state index in [0.29, 0.717) is 62.1 Å². The van der Waals surface area contributed by atoms with Crippen molar-refractivity contribution < 1.29 is 166 Å². The molecular weight excluding hydrogens is 2080 g/mol. The SMILES string of the molecule is CCN[C@H]1C[C@H](C)S(=O)(=O)c2oc(S(=O)(=O)NCCOCCOCC(COCCOCCOCCOCCOCCOCCNS(=O)(=O)c3cc4c(s3)S(=O)(=O)[C@@H](C)C[C@@H]4NCC)(COCCOCCOCCOCCOCCOCCNS(=O)(=O)c3cc4c(s3)S(=O)(=O)[C@@H](C)C[C@@H]4NCC)COCCOCCOCCOCCOCCOCCNS(=O)(=O)c3cc4c(s3)S(=O)(=O)[C@@H](C)C[C@@H]4NCC)cc21. The van der Waals surface area contributed by atoms with Crippen LogP contribution >= 0.6 is 34.0 Å². The first-order valence-electron chi connectivity index (χ1n) is 47.5. The molecule has 0 fully saturated rings. The van der Waals surface area contributed by atoms with Gasteiger partial charge in [0.15, 0.2) is 29.5 Å². The molecule has 56 heteroatoms. The lowest BCUT2D eigenvalue weighted by molar-refractivity contribution is -0.122. The van der Waals surface area contributed by atoms with Crippen molar-refractivity contribution in [1.29, 1.82) is 0 Å². The van der Waals surface area contributed by atoms with Gasteiger partial charge in [0, 0.05) is 78.7 Å². The predicted molar refractivity (Wildman–Crippen MR) is 522 cm³/mol. The van der Waals surface area contributed by atoms with Gasteiger partial charge in [0.05, 0.1) is 291 Å². The molecule has 8 rings (SSSR count). The van der Waals surface area contributed by atoms with Gasteiger partial charge in [0.25, 0.3) is 10.0 Å². The van der Waals surface area contributed by atoms with Gasteiger partial charge in [-0.25, -0.2) is 86.2 Å². The Bertz CT molecular complexity index is 4840. The van der Waals surface area contributed by atoms with Gasteiger partial charge in [0.1, 0.15) is 25.3 Å². The monoisotopic (exact) mass is 2220 g/mol. The highest BCUT2D eigenvalue weighted by molar-refractivity contribution is 7.97. The van der Waals surface area contributed by atoms with E-state index in [1.54, 1.807) is 27.7 Å². The Kier molecular flexibility index (Phi) is 55.7. The van der Waals surface area contributed by atoms with Crippen LogP contribution in [0.1, 0.15) is 127 Å². The van der Waals surface area contributed by atoms with E-state index in [1.165, 1.54) is 24.3 Å². The summed E-state index contributed by atoms with van der Waals surface area (Å²) in [5.74, 6) is 0. The summed E-state index contributed by atoms with van der Waals surface area (Å²) >= 11 is 2.28. The lowest BCUT2D eigenvalue weighted by atomic mass is 9.92. The molecule has 45 nitrogen and oxygen atoms in total. The summed E-state index contributed by atoms with van der Waals surface area (Å²) in [6.07, 6.45) is 1.31. The molecule has 0 radical (unpaired) electrons. The summed E-state index contributed by atoms with van der Waals surface area (Å²) in [4.78, 5) is 0. The maximum atomic E-state index is 13.4. The minimum Gasteiger partial charge on any atom is -0.431 e. The lowest BCUT2D eigenvalue weighted by Crippen LogP contribution is -2.43. The number of hydrogen-bond donors (Lipinski definition) is 8. The maximum Gasteiger partial charge on any atom is 0.274 e. The average molecular weight is 2230 g/mol. The van der Waals surface area contributed by atoms with E-state index >= 15 is 0 Å². The van der Waals surface area contributed by atoms with Crippen molar-refractivity contribution >= 4 is 113 Å². The standard InChI is InChI=1S/C85H148N8O37S11/c1-9-86-73-53-65(5)134(94,95)81-69(73)57-77(130-81)138(102,103)90-13-17-113-45-49-126-61-85(62-127-50-46-123-42-39-120-36-33-117-30-27-114-24-21-110-18-14-91-139(104,105)78-58-70-74(87-10-2)54-66(6)135(96,97)82(70)131-78,63-128-51-47-124-43-40-121-37-34-118-31-28-115-25-22-111-19-15-92-140(106,107)79-59-71-75(88-11-3)55-67(7)136(98,99)83(71)132-79)64-129-52-48-125-44-41-122-38-35-119-32-29-116-26-23-112-20-16-93-141(108,109)80-60-72-76(89-12-4)56-68(8)137(100,101)84(72)133-80/h57-60,65-68,73-76,86-93H,9-56,61-64H2,1-8H3/t65-,66-,67-,68-,73-,74-,75-,76-/m0/s1. The predicted octanol–water partition coefficient (Wildman–Crippen LogP) is 2.86. The van der Waals surface area contributed by atoms with Crippen LogP contribution in [0.25, 0.3) is 0 Å². The summed E-state index contributed by atoms with van der Waals surface area (Å²) in [6.45, 7) is 23.8. The maximum absolute atomic E-state index is 13.4. The van der Waals surface area contributed by atoms with E-state index in [1.807, 2.05) is 27.7 Å². The summed E-state index contributed by atoms with van der Waals surface area (Å²) in [5, 5.41) is 9.38. The average Bonchev–Trinajstić information content (AvgIpc) is 1.60. The number of nitrogens with one attached hydrogen (secondary N) is 8. The van der Waals surface area contributed by atoms with Crippen molar-refractivity contribution in [3.8, 4) is 0 Å². The second kappa shape index (κ2) is 63.9. The van der Waals surface area contributed by atoms with Crippen molar-refractivity contribution in [2.24, 2.45) is 5.41 Å². The molecule has 816 valence electrons. The number of hydrogen-bond acceptors (Lipinski definition) is 44. The third kappa shape index (κ3) is 40.2. The summed E-state index contributed by atoms with van der Waals surface area (Å²) in [6, 6.07) is 4.37. The first-order chi connectivity index (χ1) is 67.5. The van der Waals surface area contributed by atoms with Crippen molar-refractivity contribution in [1.82, 2.24) is 40.2 Å². The molecule has 0 amide bonds. The zero-order valence-corrected chi connectivity index (χ0v) is 90.8. The number of furan rings is 1. The van der Waals surface area contributed by atoms with Crippen LogP contribution in [0.3, 0.4) is 0 Å². The van der Waals surface area contributed by atoms with Crippen molar-refractivity contribution in [2.45, 2.75) is 162 Å². The van der Waals surface area contributed by atoms with E-state index in [-0.39, 0.29) is 351 Å². The molecule has 8 atom stereocenters. The molecule has 0 unspecified atom stereocenters. The van der Waals surface area contributed by atoms with Crippen LogP contribution < -0.4 is 40.2 Å². The third-order valence-corrected chi connectivity index (χ3v) is 43.2. The van der Waals surface area contributed by atoms with E-state index in [4.69, 9.17) is 99.2 Å². The van der Waals surface area contributed by atoms with Gasteiger partial charge in [-0.1, -0.05) is 27.7 Å². The molecule has 0 spiro atoms. The fraction of sp³-hybridized carbons (Fsp3) is 0.812. The molecule has 0 aliphatic carbocycles. The Balaban J connectivity index is 0.724. The second-order valence-electron chi connectivity index (χ2n) is 33.1. The van der Waals surface area contributed by atoms with Gasteiger partial charge in [-0.2, -0.15) is 0 Å². The van der Waals surface area contributed by atoms with Gasteiger partial charge in [0.2, 0.25) is 50.1 Å². The Morgan fingerprint density at radius 3 is 0.688 bits per heavy atom. The molecule has 4 aliphatic heterocycles. The summed E-state index contributed by atoms with van der Waals surface area (Å²) < 4.78 is 341. The highest BCUT2D eigenvalue weighted by Crippen LogP contribution is 2.47. The Hall–Kier alpha value is -3.14. The van der Waals surface area contributed by atoms with Gasteiger partial charge in [-0.3, -0.25) is 0 Å². The normalized spacial score (nSPS) is 20.1. The molecule has 4 aromatic heterocycles. The summed E-state index contributed by atoms with van der Waals surface area (Å²) in [7, 11) is -31.1. The van der Waals surface area contributed by atoms with Crippen LogP contribution in [0.2, 0.25) is 0 Å². The topological polar surface area (TPSA) is 567 Å². The van der Waals surface area contributed by atoms with Crippen LogP contribution in [-0.4, -0.2) is 405 Å². The first kappa shape index (κ1) is 123. The smallest absolute Gasteiger partial charge is 0.274 e. The number of thiophene rings is 3. The van der Waals surface area contributed by atoms with Gasteiger partial charge in [-0.15, -0.1) is 34.0 Å². The second-order valence-corrected chi connectivity index (χ2v) is 53.9. The summed E-state index contributed by atoms with van der Waals surface area (Å²) in [5.41, 5.74) is 0.746. The highest BCUT2D eigenvalue weighted by Gasteiger charge is 2.45. The van der Waals surface area contributed by atoms with E-state index in [0.717, 1.165) is 34.0 Å². The largest absolute Gasteiger partial charge is 0.431 e. The number of sulfone groups is 4. The number of sulfonamides is 4. The van der Waals surface area contributed by atoms with Gasteiger partial charge >= 0.3 is 0 Å². The Morgan fingerprint density at radius 1 is 0.277 bits per heavy atom. The fourth-order valence-electron chi connectivity index (χ4n) is 14.9. The molecule has 141 heavy (non-hydrogen) atoms. The van der Waals surface area contributed by atoms with E-state index in [2.05, 4.69) is 40.2 Å².